The summed E-state index contributed by atoms with van der Waals surface area (Å²) in [6.07, 6.45) is 2.63. The Bertz CT molecular complexity index is 465. The normalized spacial score (nSPS) is 17.7. The number of hydrogen-bond donors (Lipinski definition) is 2. The van der Waals surface area contributed by atoms with E-state index < -0.39 is 0 Å². The van der Waals surface area contributed by atoms with Gasteiger partial charge in [0.1, 0.15) is 0 Å². The molecule has 1 fully saturated rings. The van der Waals surface area contributed by atoms with Crippen LogP contribution in [0.5, 0.6) is 0 Å². The molecule has 1 aliphatic heterocycles. The number of nitrogens with one attached hydrogen (secondary N) is 2. The van der Waals surface area contributed by atoms with E-state index in [1.807, 2.05) is 22.7 Å². The minimum atomic E-state index is -0.101. The first-order chi connectivity index (χ1) is 10.2. The molecular formula is C15H24ClN3O2S. The molecule has 1 saturated heterocycles. The second-order valence-corrected chi connectivity index (χ2v) is 6.20. The molecule has 0 aliphatic carbocycles. The number of carbonyl (C=O) groups excluding carboxylic acids is 2. The smallest absolute Gasteiger partial charge is 0.252 e. The molecule has 7 heteroatoms. The zero-order valence-electron chi connectivity index (χ0n) is 12.8. The summed E-state index contributed by atoms with van der Waals surface area (Å²) in [5, 5.41) is 9.66. The van der Waals surface area contributed by atoms with Crippen molar-refractivity contribution in [1.82, 2.24) is 15.5 Å². The van der Waals surface area contributed by atoms with E-state index in [1.54, 1.807) is 6.07 Å². The van der Waals surface area contributed by atoms with Gasteiger partial charge in [-0.25, -0.2) is 0 Å². The zero-order chi connectivity index (χ0) is 15.1. The molecule has 1 atom stereocenters. The quantitative estimate of drug-likeness (QED) is 0.825. The number of hydrogen-bond acceptors (Lipinski definition) is 4. The molecular weight excluding hydrogens is 322 g/mol. The van der Waals surface area contributed by atoms with Crippen molar-refractivity contribution in [2.75, 3.05) is 33.2 Å². The van der Waals surface area contributed by atoms with Crippen LogP contribution in [0.4, 0.5) is 0 Å². The maximum Gasteiger partial charge on any atom is 0.252 e. The Morgan fingerprint density at radius 2 is 2.27 bits per heavy atom. The van der Waals surface area contributed by atoms with Gasteiger partial charge in [0, 0.05) is 37.0 Å². The highest BCUT2D eigenvalue weighted by atomic mass is 35.5. The molecule has 2 heterocycles. The lowest BCUT2D eigenvalue weighted by atomic mass is 9.98. The molecule has 1 aromatic heterocycles. The monoisotopic (exact) mass is 345 g/mol. The Kier molecular flexibility index (Phi) is 8.45. The van der Waals surface area contributed by atoms with E-state index in [2.05, 4.69) is 10.6 Å². The first kappa shape index (κ1) is 18.9. The Hall–Kier alpha value is -1.11. The summed E-state index contributed by atoms with van der Waals surface area (Å²) in [5.74, 6) is 0.588. The number of carbonyl (C=O) groups is 2. The lowest BCUT2D eigenvalue weighted by Crippen LogP contribution is -2.43. The third-order valence-electron chi connectivity index (χ3n) is 3.77. The zero-order valence-corrected chi connectivity index (χ0v) is 14.5. The molecule has 1 unspecified atom stereocenters. The molecule has 0 bridgehead atoms. The second-order valence-electron chi connectivity index (χ2n) is 5.42. The molecule has 1 aliphatic rings. The van der Waals surface area contributed by atoms with Gasteiger partial charge >= 0.3 is 0 Å². The van der Waals surface area contributed by atoms with Crippen molar-refractivity contribution >= 4 is 35.6 Å². The van der Waals surface area contributed by atoms with Crippen LogP contribution in [0.1, 0.15) is 29.6 Å². The van der Waals surface area contributed by atoms with Gasteiger partial charge in [0.25, 0.3) is 5.91 Å². The van der Waals surface area contributed by atoms with Gasteiger partial charge in [0.05, 0.1) is 0 Å². The predicted octanol–water partition coefficient (Wildman–Crippen LogP) is 1.75. The van der Waals surface area contributed by atoms with Crippen LogP contribution in [-0.4, -0.2) is 49.9 Å². The van der Waals surface area contributed by atoms with Crippen LogP contribution in [0, 0.1) is 5.92 Å². The molecule has 124 valence electrons. The standard InChI is InChI=1S/C15H23N3O2S.ClH/c1-16-9-12-3-2-7-18(10-12)14(19)4-6-17-15(20)13-5-8-21-11-13;/h5,8,11-12,16H,2-4,6-7,9-10H2,1H3,(H,17,20);1H. The van der Waals surface area contributed by atoms with Crippen molar-refractivity contribution in [3.8, 4) is 0 Å². The molecule has 1 aromatic rings. The Morgan fingerprint density at radius 1 is 1.45 bits per heavy atom. The molecule has 2 N–H and O–H groups in total. The molecule has 5 nitrogen and oxygen atoms in total. The van der Waals surface area contributed by atoms with Gasteiger partial charge in [-0.1, -0.05) is 0 Å². The summed E-state index contributed by atoms with van der Waals surface area (Å²) in [7, 11) is 1.95. The number of likely N-dealkylation sites (tertiary alicyclic amines) is 1. The average Bonchev–Trinajstić information content (AvgIpc) is 3.02. The van der Waals surface area contributed by atoms with E-state index in [1.165, 1.54) is 17.8 Å². The van der Waals surface area contributed by atoms with Gasteiger partial charge in [0.2, 0.25) is 5.91 Å². The van der Waals surface area contributed by atoms with Gasteiger partial charge < -0.3 is 15.5 Å². The highest BCUT2D eigenvalue weighted by Gasteiger charge is 2.22. The van der Waals surface area contributed by atoms with Gasteiger partial charge in [-0.15, -0.1) is 12.4 Å². The number of halogens is 1. The fraction of sp³-hybridized carbons (Fsp3) is 0.600. The van der Waals surface area contributed by atoms with Crippen LogP contribution >= 0.6 is 23.7 Å². The second kappa shape index (κ2) is 9.82. The summed E-state index contributed by atoms with van der Waals surface area (Å²) in [6.45, 7) is 3.04. The Morgan fingerprint density at radius 3 is 2.95 bits per heavy atom. The van der Waals surface area contributed by atoms with Crippen molar-refractivity contribution < 1.29 is 9.59 Å². The minimum Gasteiger partial charge on any atom is -0.351 e. The Balaban J connectivity index is 0.00000242. The number of amides is 2. The van der Waals surface area contributed by atoms with Crippen molar-refractivity contribution in [3.63, 3.8) is 0 Å². The SMILES string of the molecule is CNCC1CCCN(C(=O)CCNC(=O)c2ccsc2)C1.Cl. The maximum absolute atomic E-state index is 12.2. The number of rotatable bonds is 6. The van der Waals surface area contributed by atoms with Gasteiger partial charge in [0.15, 0.2) is 0 Å². The van der Waals surface area contributed by atoms with E-state index in [4.69, 9.17) is 0 Å². The number of thiophene rings is 1. The van der Waals surface area contributed by atoms with E-state index in [0.29, 0.717) is 24.4 Å². The van der Waals surface area contributed by atoms with E-state index in [9.17, 15) is 9.59 Å². The highest BCUT2D eigenvalue weighted by molar-refractivity contribution is 7.08. The third-order valence-corrected chi connectivity index (χ3v) is 4.46. The number of piperidine rings is 1. The van der Waals surface area contributed by atoms with Crippen LogP contribution in [0.3, 0.4) is 0 Å². The van der Waals surface area contributed by atoms with Crippen LogP contribution < -0.4 is 10.6 Å². The predicted molar refractivity (Wildman–Crippen MR) is 91.7 cm³/mol. The number of nitrogens with zero attached hydrogens (tertiary/aromatic N) is 1. The fourth-order valence-electron chi connectivity index (χ4n) is 2.68. The van der Waals surface area contributed by atoms with Crippen LogP contribution in [-0.2, 0) is 4.79 Å². The molecule has 0 saturated carbocycles. The summed E-state index contributed by atoms with van der Waals surface area (Å²) in [6, 6.07) is 1.79. The largest absolute Gasteiger partial charge is 0.351 e. The molecule has 0 spiro atoms. The first-order valence-corrected chi connectivity index (χ1v) is 8.37. The van der Waals surface area contributed by atoms with E-state index in [0.717, 1.165) is 26.1 Å². The van der Waals surface area contributed by atoms with Crippen molar-refractivity contribution in [3.05, 3.63) is 22.4 Å². The molecule has 0 radical (unpaired) electrons. The van der Waals surface area contributed by atoms with Crippen molar-refractivity contribution in [2.24, 2.45) is 5.92 Å². The lowest BCUT2D eigenvalue weighted by Gasteiger charge is -2.32. The van der Waals surface area contributed by atoms with Crippen molar-refractivity contribution in [1.29, 1.82) is 0 Å². The molecule has 2 rings (SSSR count). The third kappa shape index (κ3) is 5.59. The maximum atomic E-state index is 12.2. The first-order valence-electron chi connectivity index (χ1n) is 7.43. The lowest BCUT2D eigenvalue weighted by molar-refractivity contribution is -0.132. The van der Waals surface area contributed by atoms with E-state index in [-0.39, 0.29) is 24.2 Å². The summed E-state index contributed by atoms with van der Waals surface area (Å²) in [5.41, 5.74) is 0.666. The topological polar surface area (TPSA) is 61.4 Å². The fourth-order valence-corrected chi connectivity index (χ4v) is 3.32. The van der Waals surface area contributed by atoms with Crippen LogP contribution in [0.25, 0.3) is 0 Å². The minimum absolute atomic E-state index is 0. The molecule has 0 aromatic carbocycles. The molecule has 22 heavy (non-hydrogen) atoms. The average molecular weight is 346 g/mol. The summed E-state index contributed by atoms with van der Waals surface area (Å²) < 4.78 is 0. The van der Waals surface area contributed by atoms with Gasteiger partial charge in [-0.05, 0) is 43.8 Å². The van der Waals surface area contributed by atoms with Gasteiger partial charge in [-0.3, -0.25) is 9.59 Å². The highest BCUT2D eigenvalue weighted by Crippen LogP contribution is 2.16. The summed E-state index contributed by atoms with van der Waals surface area (Å²) in [4.78, 5) is 25.9. The summed E-state index contributed by atoms with van der Waals surface area (Å²) >= 11 is 1.49. The van der Waals surface area contributed by atoms with Crippen molar-refractivity contribution in [2.45, 2.75) is 19.3 Å². The Labute approximate surface area is 141 Å². The van der Waals surface area contributed by atoms with Crippen LogP contribution in [0.2, 0.25) is 0 Å². The van der Waals surface area contributed by atoms with E-state index >= 15 is 0 Å². The van der Waals surface area contributed by atoms with Gasteiger partial charge in [-0.2, -0.15) is 11.3 Å². The molecule has 2 amide bonds. The van der Waals surface area contributed by atoms with Crippen LogP contribution in [0.15, 0.2) is 16.8 Å².